The molecular weight excluding hydrogens is 460 g/mol. The van der Waals surface area contributed by atoms with Crippen molar-refractivity contribution in [3.63, 3.8) is 0 Å². The number of fused-ring (bicyclic) bond motifs is 1. The second-order valence-electron chi connectivity index (χ2n) is 8.63. The van der Waals surface area contributed by atoms with Gasteiger partial charge in [-0.05, 0) is 48.6 Å². The molecule has 0 bridgehead atoms. The van der Waals surface area contributed by atoms with E-state index in [1.165, 1.54) is 21.6 Å². The zero-order chi connectivity index (χ0) is 24.8. The van der Waals surface area contributed by atoms with Gasteiger partial charge >= 0.3 is 0 Å². The van der Waals surface area contributed by atoms with E-state index in [4.69, 9.17) is 0 Å². The molecule has 0 saturated heterocycles. The predicted octanol–water partition coefficient (Wildman–Crippen LogP) is 4.17. The molecule has 2 aromatic carbocycles. The lowest BCUT2D eigenvalue weighted by molar-refractivity contribution is -0.117. The van der Waals surface area contributed by atoms with Gasteiger partial charge in [0.15, 0.2) is 0 Å². The molecule has 8 heteroatoms. The first-order chi connectivity index (χ1) is 16.9. The Kier molecular flexibility index (Phi) is 7.83. The van der Waals surface area contributed by atoms with Gasteiger partial charge in [0.05, 0.1) is 23.7 Å². The predicted molar refractivity (Wildman–Crippen MR) is 137 cm³/mol. The van der Waals surface area contributed by atoms with Crippen LogP contribution in [0.15, 0.2) is 71.8 Å². The third kappa shape index (κ3) is 5.71. The van der Waals surface area contributed by atoms with Crippen molar-refractivity contribution in [3.8, 4) is 0 Å². The quantitative estimate of drug-likeness (QED) is 0.455. The van der Waals surface area contributed by atoms with Crippen molar-refractivity contribution in [2.24, 2.45) is 0 Å². The maximum Gasteiger partial charge on any atom is 0.244 e. The Morgan fingerprint density at radius 3 is 2.51 bits per heavy atom. The Morgan fingerprint density at radius 2 is 1.83 bits per heavy atom. The van der Waals surface area contributed by atoms with Gasteiger partial charge in [-0.25, -0.2) is 8.42 Å². The van der Waals surface area contributed by atoms with E-state index in [2.05, 4.69) is 22.5 Å². The molecule has 1 heterocycles. The van der Waals surface area contributed by atoms with E-state index in [1.807, 2.05) is 42.9 Å². The Hall–Kier alpha value is -3.23. The molecule has 1 unspecified atom stereocenters. The van der Waals surface area contributed by atoms with Crippen LogP contribution >= 0.6 is 0 Å². The highest BCUT2D eigenvalue weighted by Gasteiger charge is 2.25. The topological polar surface area (TPSA) is 84.3 Å². The molecule has 0 spiro atoms. The van der Waals surface area contributed by atoms with Crippen LogP contribution in [-0.4, -0.2) is 41.5 Å². The fraction of sp³-hybridized carbons (Fsp3) is 0.333. The van der Waals surface area contributed by atoms with Gasteiger partial charge in [-0.15, -0.1) is 0 Å². The first kappa shape index (κ1) is 24.9. The van der Waals surface area contributed by atoms with Crippen molar-refractivity contribution in [2.45, 2.75) is 50.6 Å². The molecule has 0 aliphatic heterocycles. The van der Waals surface area contributed by atoms with Crippen LogP contribution in [0.4, 0.5) is 0 Å². The molecule has 1 aliphatic rings. The summed E-state index contributed by atoms with van der Waals surface area (Å²) in [7, 11) is -3.49. The lowest BCUT2D eigenvalue weighted by Gasteiger charge is -2.23. The number of rotatable bonds is 9. The van der Waals surface area contributed by atoms with Crippen molar-refractivity contribution >= 4 is 22.0 Å². The fourth-order valence-corrected chi connectivity index (χ4v) is 5.97. The van der Waals surface area contributed by atoms with Crippen LogP contribution < -0.4 is 5.32 Å². The van der Waals surface area contributed by atoms with Crippen LogP contribution in [0.2, 0.25) is 0 Å². The number of sulfonamides is 1. The van der Waals surface area contributed by atoms with E-state index in [-0.39, 0.29) is 16.8 Å². The molecule has 1 aromatic heterocycles. The summed E-state index contributed by atoms with van der Waals surface area (Å²) in [5.41, 5.74) is 4.22. The average molecular weight is 493 g/mol. The van der Waals surface area contributed by atoms with Gasteiger partial charge in [0.2, 0.25) is 15.9 Å². The Bertz CT molecular complexity index is 1280. The van der Waals surface area contributed by atoms with Crippen LogP contribution in [0.1, 0.15) is 55.1 Å². The van der Waals surface area contributed by atoms with Crippen LogP contribution in [-0.2, 0) is 27.8 Å². The summed E-state index contributed by atoms with van der Waals surface area (Å²) in [4.78, 5) is 12.9. The number of hydrogen-bond donors (Lipinski definition) is 1. The maximum absolute atomic E-state index is 12.7. The summed E-state index contributed by atoms with van der Waals surface area (Å²) in [6.07, 6.45) is 7.89. The zero-order valence-electron chi connectivity index (χ0n) is 20.2. The summed E-state index contributed by atoms with van der Waals surface area (Å²) in [6, 6.07) is 16.8. The van der Waals surface area contributed by atoms with E-state index in [0.717, 1.165) is 36.9 Å². The van der Waals surface area contributed by atoms with E-state index >= 15 is 0 Å². The second kappa shape index (κ2) is 11.0. The summed E-state index contributed by atoms with van der Waals surface area (Å²) in [5, 5.41) is 7.70. The van der Waals surface area contributed by atoms with Crippen molar-refractivity contribution in [1.29, 1.82) is 0 Å². The third-order valence-electron chi connectivity index (χ3n) is 6.40. The van der Waals surface area contributed by atoms with Gasteiger partial charge in [0.25, 0.3) is 0 Å². The first-order valence-electron chi connectivity index (χ1n) is 12.1. The molecule has 184 valence electrons. The van der Waals surface area contributed by atoms with E-state index < -0.39 is 10.0 Å². The number of aromatic nitrogens is 2. The van der Waals surface area contributed by atoms with Crippen LogP contribution in [0, 0.1) is 0 Å². The number of amides is 1. The maximum atomic E-state index is 12.7. The molecule has 1 N–H and O–H groups in total. The molecule has 0 saturated carbocycles. The average Bonchev–Trinajstić information content (AvgIpc) is 3.28. The standard InChI is InChI=1S/C27H32N4O3S/c1-3-30(4-2)35(33,34)23-16-13-21(14-17-23)15-18-27(32)29-25-11-8-12-26-24(25)19-28-31(26)20-22-9-6-5-7-10-22/h5-7,9-10,13-19,25H,3-4,8,11-12,20H2,1-2H3,(H,29,32)/b18-15+. The third-order valence-corrected chi connectivity index (χ3v) is 8.47. The number of hydrogen-bond acceptors (Lipinski definition) is 4. The summed E-state index contributed by atoms with van der Waals surface area (Å²) in [6.45, 7) is 5.21. The smallest absolute Gasteiger partial charge is 0.244 e. The van der Waals surface area contributed by atoms with Gasteiger partial charge < -0.3 is 5.32 Å². The minimum atomic E-state index is -3.49. The van der Waals surface area contributed by atoms with Gasteiger partial charge in [-0.2, -0.15) is 9.40 Å². The monoisotopic (exact) mass is 492 g/mol. The van der Waals surface area contributed by atoms with Crippen molar-refractivity contribution in [1.82, 2.24) is 19.4 Å². The molecule has 1 amide bonds. The number of carbonyl (C=O) groups excluding carboxylic acids is 1. The Labute approximate surface area is 207 Å². The lowest BCUT2D eigenvalue weighted by atomic mass is 9.93. The molecule has 3 aromatic rings. The van der Waals surface area contributed by atoms with E-state index in [1.54, 1.807) is 30.3 Å². The highest BCUT2D eigenvalue weighted by atomic mass is 32.2. The number of nitrogens with one attached hydrogen (secondary N) is 1. The molecule has 0 radical (unpaired) electrons. The minimum Gasteiger partial charge on any atom is -0.346 e. The second-order valence-corrected chi connectivity index (χ2v) is 10.6. The first-order valence-corrected chi connectivity index (χ1v) is 13.5. The van der Waals surface area contributed by atoms with Gasteiger partial charge in [0, 0.05) is 30.4 Å². The summed E-state index contributed by atoms with van der Waals surface area (Å²) >= 11 is 0. The van der Waals surface area contributed by atoms with Crippen LogP contribution in [0.3, 0.4) is 0 Å². The summed E-state index contributed by atoms with van der Waals surface area (Å²) < 4.78 is 28.7. The fourth-order valence-electron chi connectivity index (χ4n) is 4.52. The zero-order valence-corrected chi connectivity index (χ0v) is 21.0. The largest absolute Gasteiger partial charge is 0.346 e. The molecule has 1 aliphatic carbocycles. The van der Waals surface area contributed by atoms with Gasteiger partial charge in [-0.1, -0.05) is 56.3 Å². The molecule has 4 rings (SSSR count). The van der Waals surface area contributed by atoms with Crippen molar-refractivity contribution < 1.29 is 13.2 Å². The van der Waals surface area contributed by atoms with Crippen molar-refractivity contribution in [2.75, 3.05) is 13.1 Å². The minimum absolute atomic E-state index is 0.0676. The molecule has 0 fully saturated rings. The lowest BCUT2D eigenvalue weighted by Crippen LogP contribution is -2.30. The van der Waals surface area contributed by atoms with Crippen molar-refractivity contribution in [3.05, 3.63) is 89.3 Å². The van der Waals surface area contributed by atoms with Gasteiger partial charge in [-0.3, -0.25) is 9.48 Å². The van der Waals surface area contributed by atoms with Gasteiger partial charge in [0.1, 0.15) is 0 Å². The summed E-state index contributed by atoms with van der Waals surface area (Å²) in [5.74, 6) is -0.182. The molecule has 1 atom stereocenters. The molecular formula is C27H32N4O3S. The Morgan fingerprint density at radius 1 is 1.11 bits per heavy atom. The SMILES string of the molecule is CCN(CC)S(=O)(=O)c1ccc(/C=C/C(=O)NC2CCCc3c2cnn3Cc2ccccc2)cc1. The number of nitrogens with zero attached hydrogens (tertiary/aromatic N) is 3. The molecule has 35 heavy (non-hydrogen) atoms. The van der Waals surface area contributed by atoms with E-state index in [0.29, 0.717) is 13.1 Å². The van der Waals surface area contributed by atoms with E-state index in [9.17, 15) is 13.2 Å². The number of carbonyl (C=O) groups is 1. The highest BCUT2D eigenvalue weighted by Crippen LogP contribution is 2.30. The molecule has 7 nitrogen and oxygen atoms in total. The highest BCUT2D eigenvalue weighted by molar-refractivity contribution is 7.89. The Balaban J connectivity index is 1.40. The normalized spacial score (nSPS) is 15.9. The number of benzene rings is 2. The van der Waals surface area contributed by atoms with Crippen LogP contribution in [0.5, 0.6) is 0 Å². The van der Waals surface area contributed by atoms with Crippen LogP contribution in [0.25, 0.3) is 6.08 Å².